The first-order valence-electron chi connectivity index (χ1n) is 4.44. The maximum absolute atomic E-state index is 13.5. The molecule has 0 aliphatic carbocycles. The average Bonchev–Trinajstić information content (AvgIpc) is 2.59. The number of aryl methyl sites for hydroxylation is 1. The number of carbonyl (C=O) groups is 1. The number of methoxy groups -OCH3 is 1. The molecule has 0 aliphatic heterocycles. The van der Waals surface area contributed by atoms with Crippen LogP contribution in [0, 0.1) is 5.82 Å². The highest BCUT2D eigenvalue weighted by atomic mass is 79.9. The number of ether oxygens (including phenoxy) is 1. The number of fused-ring (bicyclic) bond motifs is 1. The van der Waals surface area contributed by atoms with Crippen molar-refractivity contribution < 1.29 is 13.9 Å². The largest absolute Gasteiger partial charge is 0.465 e. The SMILES string of the molecule is COC(=O)c1c(Br)c(F)cc2nn(C)cc12. The van der Waals surface area contributed by atoms with Gasteiger partial charge in [-0.15, -0.1) is 0 Å². The topological polar surface area (TPSA) is 44.1 Å². The second-order valence-corrected chi connectivity index (χ2v) is 4.07. The summed E-state index contributed by atoms with van der Waals surface area (Å²) in [5.41, 5.74) is 0.578. The predicted molar refractivity (Wildman–Crippen MR) is 59.7 cm³/mol. The molecule has 1 heterocycles. The molecule has 0 atom stereocenters. The van der Waals surface area contributed by atoms with E-state index >= 15 is 0 Å². The van der Waals surface area contributed by atoms with Gasteiger partial charge < -0.3 is 4.74 Å². The van der Waals surface area contributed by atoms with Gasteiger partial charge in [0.2, 0.25) is 0 Å². The van der Waals surface area contributed by atoms with Crippen LogP contribution in [0.1, 0.15) is 10.4 Å². The van der Waals surface area contributed by atoms with Crippen molar-refractivity contribution in [3.63, 3.8) is 0 Å². The normalized spacial score (nSPS) is 10.8. The van der Waals surface area contributed by atoms with Crippen LogP contribution in [0.4, 0.5) is 4.39 Å². The Balaban J connectivity index is 2.86. The monoisotopic (exact) mass is 286 g/mol. The predicted octanol–water partition coefficient (Wildman–Crippen LogP) is 2.26. The van der Waals surface area contributed by atoms with Crippen LogP contribution in [0.3, 0.4) is 0 Å². The Morgan fingerprint density at radius 2 is 2.31 bits per heavy atom. The maximum Gasteiger partial charge on any atom is 0.339 e. The van der Waals surface area contributed by atoms with Crippen molar-refractivity contribution in [1.82, 2.24) is 9.78 Å². The van der Waals surface area contributed by atoms with Gasteiger partial charge in [0.25, 0.3) is 0 Å². The number of carbonyl (C=O) groups excluding carboxylic acids is 1. The number of esters is 1. The molecule has 0 aliphatic rings. The maximum atomic E-state index is 13.5. The first kappa shape index (κ1) is 11.1. The summed E-state index contributed by atoms with van der Waals surface area (Å²) >= 11 is 3.04. The van der Waals surface area contributed by atoms with Gasteiger partial charge >= 0.3 is 5.97 Å². The highest BCUT2D eigenvalue weighted by Crippen LogP contribution is 2.29. The van der Waals surface area contributed by atoms with Crippen LogP contribution in [0.2, 0.25) is 0 Å². The van der Waals surface area contributed by atoms with E-state index in [1.165, 1.54) is 17.9 Å². The summed E-state index contributed by atoms with van der Waals surface area (Å²) < 4.78 is 19.7. The highest BCUT2D eigenvalue weighted by molar-refractivity contribution is 9.10. The molecule has 1 aromatic carbocycles. The fourth-order valence-corrected chi connectivity index (χ4v) is 2.02. The third-order valence-electron chi connectivity index (χ3n) is 2.21. The molecule has 0 unspecified atom stereocenters. The van der Waals surface area contributed by atoms with Crippen molar-refractivity contribution in [2.24, 2.45) is 7.05 Å². The summed E-state index contributed by atoms with van der Waals surface area (Å²) in [6, 6.07) is 1.27. The van der Waals surface area contributed by atoms with Gasteiger partial charge in [0.1, 0.15) is 5.82 Å². The summed E-state index contributed by atoms with van der Waals surface area (Å²) in [6.07, 6.45) is 1.64. The van der Waals surface area contributed by atoms with Crippen molar-refractivity contribution in [2.75, 3.05) is 7.11 Å². The molecule has 2 aromatic rings. The molecule has 16 heavy (non-hydrogen) atoms. The second-order valence-electron chi connectivity index (χ2n) is 3.27. The number of hydrogen-bond acceptors (Lipinski definition) is 3. The summed E-state index contributed by atoms with van der Waals surface area (Å²) in [7, 11) is 2.95. The molecule has 6 heteroatoms. The average molecular weight is 287 g/mol. The minimum atomic E-state index is -0.593. The van der Waals surface area contributed by atoms with E-state index < -0.39 is 11.8 Å². The number of rotatable bonds is 1. The van der Waals surface area contributed by atoms with Crippen molar-refractivity contribution in [2.45, 2.75) is 0 Å². The van der Waals surface area contributed by atoms with E-state index in [1.807, 2.05) is 0 Å². The summed E-state index contributed by atoms with van der Waals surface area (Å²) in [4.78, 5) is 11.6. The van der Waals surface area contributed by atoms with Gasteiger partial charge in [0.05, 0.1) is 22.7 Å². The number of benzene rings is 1. The zero-order chi connectivity index (χ0) is 11.9. The van der Waals surface area contributed by atoms with Crippen LogP contribution < -0.4 is 0 Å². The van der Waals surface area contributed by atoms with Crippen molar-refractivity contribution in [3.05, 3.63) is 28.1 Å². The van der Waals surface area contributed by atoms with Gasteiger partial charge in [-0.2, -0.15) is 5.10 Å². The van der Waals surface area contributed by atoms with E-state index in [-0.39, 0.29) is 10.0 Å². The molecular weight excluding hydrogens is 279 g/mol. The van der Waals surface area contributed by atoms with Gasteiger partial charge in [-0.05, 0) is 15.9 Å². The Bertz CT molecular complexity index is 580. The van der Waals surface area contributed by atoms with Crippen LogP contribution in [0.5, 0.6) is 0 Å². The number of aromatic nitrogens is 2. The third kappa shape index (κ3) is 1.59. The molecule has 0 spiro atoms. The van der Waals surface area contributed by atoms with Crippen LogP contribution in [-0.2, 0) is 11.8 Å². The molecular formula is C10H8BrFN2O2. The third-order valence-corrected chi connectivity index (χ3v) is 2.98. The van der Waals surface area contributed by atoms with E-state index in [4.69, 9.17) is 0 Å². The standard InChI is InChI=1S/C10H8BrFN2O2/c1-14-4-5-7(13-14)3-6(12)9(11)8(5)10(15)16-2/h3-4H,1-2H3. The zero-order valence-electron chi connectivity index (χ0n) is 8.62. The Morgan fingerprint density at radius 1 is 1.62 bits per heavy atom. The van der Waals surface area contributed by atoms with Gasteiger partial charge in [-0.1, -0.05) is 0 Å². The van der Waals surface area contributed by atoms with Gasteiger partial charge in [0.15, 0.2) is 0 Å². The van der Waals surface area contributed by atoms with Gasteiger partial charge in [-0.25, -0.2) is 9.18 Å². The summed E-state index contributed by atoms with van der Waals surface area (Å²) in [6.45, 7) is 0. The summed E-state index contributed by atoms with van der Waals surface area (Å²) in [5.74, 6) is -1.13. The van der Waals surface area contributed by atoms with Crippen molar-refractivity contribution in [1.29, 1.82) is 0 Å². The first-order valence-corrected chi connectivity index (χ1v) is 5.23. The molecule has 0 fully saturated rings. The van der Waals surface area contributed by atoms with Gasteiger partial charge in [0, 0.05) is 24.7 Å². The van der Waals surface area contributed by atoms with Crippen LogP contribution >= 0.6 is 15.9 Å². The quantitative estimate of drug-likeness (QED) is 0.756. The molecule has 1 aromatic heterocycles. The molecule has 4 nitrogen and oxygen atoms in total. The lowest BCUT2D eigenvalue weighted by atomic mass is 10.1. The molecule has 0 saturated carbocycles. The molecule has 2 rings (SSSR count). The summed E-state index contributed by atoms with van der Waals surface area (Å²) in [5, 5.41) is 4.60. The fourth-order valence-electron chi connectivity index (χ4n) is 1.53. The van der Waals surface area contributed by atoms with Crippen molar-refractivity contribution >= 4 is 32.8 Å². The first-order chi connectivity index (χ1) is 7.54. The van der Waals surface area contributed by atoms with Crippen molar-refractivity contribution in [3.8, 4) is 0 Å². The molecule has 84 valence electrons. The van der Waals surface area contributed by atoms with E-state index in [0.29, 0.717) is 10.9 Å². The highest BCUT2D eigenvalue weighted by Gasteiger charge is 2.20. The minimum absolute atomic E-state index is 0.0971. The van der Waals surface area contributed by atoms with Crippen LogP contribution in [-0.4, -0.2) is 22.9 Å². The lowest BCUT2D eigenvalue weighted by Gasteiger charge is -2.04. The Hall–Kier alpha value is -1.43. The molecule has 0 saturated heterocycles. The number of hydrogen-bond donors (Lipinski definition) is 0. The van der Waals surface area contributed by atoms with E-state index in [0.717, 1.165) is 0 Å². The van der Waals surface area contributed by atoms with E-state index in [1.54, 1.807) is 13.2 Å². The lowest BCUT2D eigenvalue weighted by Crippen LogP contribution is -2.04. The smallest absolute Gasteiger partial charge is 0.339 e. The molecule has 0 amide bonds. The Labute approximate surface area is 99.1 Å². The number of halogens is 2. The van der Waals surface area contributed by atoms with E-state index in [9.17, 15) is 9.18 Å². The lowest BCUT2D eigenvalue weighted by molar-refractivity contribution is 0.0601. The Morgan fingerprint density at radius 3 is 2.94 bits per heavy atom. The van der Waals surface area contributed by atoms with Crippen LogP contribution in [0.25, 0.3) is 10.9 Å². The molecule has 0 radical (unpaired) electrons. The minimum Gasteiger partial charge on any atom is -0.465 e. The molecule has 0 N–H and O–H groups in total. The van der Waals surface area contributed by atoms with Gasteiger partial charge in [-0.3, -0.25) is 4.68 Å². The fraction of sp³-hybridized carbons (Fsp3) is 0.200. The zero-order valence-corrected chi connectivity index (χ0v) is 10.2. The number of nitrogens with zero attached hydrogens (tertiary/aromatic N) is 2. The van der Waals surface area contributed by atoms with Crippen LogP contribution in [0.15, 0.2) is 16.7 Å². The van der Waals surface area contributed by atoms with E-state index in [2.05, 4.69) is 25.8 Å². The Kier molecular flexibility index (Phi) is 2.67. The molecule has 0 bridgehead atoms. The second kappa shape index (κ2) is 3.86.